The third-order valence-electron chi connectivity index (χ3n) is 10.4. The zero-order valence-corrected chi connectivity index (χ0v) is 26.7. The van der Waals surface area contributed by atoms with Crippen LogP contribution in [0.15, 0.2) is 77.2 Å². The molecule has 216 valence electrons. The summed E-state index contributed by atoms with van der Waals surface area (Å²) < 4.78 is 13.6. The van der Waals surface area contributed by atoms with Crippen molar-refractivity contribution in [2.75, 3.05) is 4.90 Å². The summed E-state index contributed by atoms with van der Waals surface area (Å²) in [6.45, 7) is 18.6. The molecule has 8 rings (SSSR count). The lowest BCUT2D eigenvalue weighted by atomic mass is 9.36. The molecule has 43 heavy (non-hydrogen) atoms. The minimum Gasteiger partial charge on any atom is -0.468 e. The van der Waals surface area contributed by atoms with E-state index in [4.69, 9.17) is 9.15 Å². The SMILES string of the molecule is Cc1cc2c3c(c1)N(c1ccc4c(c1)C(C)(C)CCC4(C)C)c1c(oc4ccc(C(C)(C)C)cc14)B3c1ccccc1O2. The topological polar surface area (TPSA) is 25.6 Å². The van der Waals surface area contributed by atoms with Crippen molar-refractivity contribution in [1.29, 1.82) is 0 Å². The average molecular weight is 566 g/mol. The van der Waals surface area contributed by atoms with Gasteiger partial charge in [0, 0.05) is 22.2 Å². The molecule has 0 spiro atoms. The summed E-state index contributed by atoms with van der Waals surface area (Å²) >= 11 is 0. The smallest absolute Gasteiger partial charge is 0.301 e. The number of rotatable bonds is 1. The van der Waals surface area contributed by atoms with Gasteiger partial charge in [-0.05, 0) is 106 Å². The highest BCUT2D eigenvalue weighted by Crippen LogP contribution is 2.50. The third-order valence-corrected chi connectivity index (χ3v) is 10.4. The van der Waals surface area contributed by atoms with Crippen LogP contribution in [0, 0.1) is 6.92 Å². The number of aryl methyl sites for hydroxylation is 1. The van der Waals surface area contributed by atoms with Gasteiger partial charge >= 0.3 is 6.71 Å². The Kier molecular flexibility index (Phi) is 5.33. The van der Waals surface area contributed by atoms with Crippen molar-refractivity contribution in [3.8, 4) is 11.5 Å². The maximum absolute atomic E-state index is 6.94. The predicted octanol–water partition coefficient (Wildman–Crippen LogP) is 8.79. The predicted molar refractivity (Wildman–Crippen MR) is 181 cm³/mol. The molecule has 0 saturated carbocycles. The van der Waals surface area contributed by atoms with Crippen molar-refractivity contribution < 1.29 is 9.15 Å². The van der Waals surface area contributed by atoms with E-state index in [0.29, 0.717) is 0 Å². The summed E-state index contributed by atoms with van der Waals surface area (Å²) in [6, 6.07) is 26.9. The van der Waals surface area contributed by atoms with Crippen molar-refractivity contribution in [3.05, 3.63) is 95.1 Å². The molecule has 0 bridgehead atoms. The minimum atomic E-state index is -0.0414. The number of benzene rings is 4. The van der Waals surface area contributed by atoms with Gasteiger partial charge < -0.3 is 14.1 Å². The summed E-state index contributed by atoms with van der Waals surface area (Å²) in [5.41, 5.74) is 13.5. The van der Waals surface area contributed by atoms with Crippen LogP contribution in [-0.2, 0) is 16.2 Å². The fourth-order valence-corrected chi connectivity index (χ4v) is 7.76. The molecule has 3 nitrogen and oxygen atoms in total. The molecule has 0 saturated heterocycles. The highest BCUT2D eigenvalue weighted by atomic mass is 16.5. The number of ether oxygens (including phenoxy) is 1. The van der Waals surface area contributed by atoms with Crippen LogP contribution in [0.3, 0.4) is 0 Å². The van der Waals surface area contributed by atoms with E-state index in [0.717, 1.165) is 39.3 Å². The largest absolute Gasteiger partial charge is 0.468 e. The number of anilines is 3. The van der Waals surface area contributed by atoms with Crippen LogP contribution >= 0.6 is 0 Å². The van der Waals surface area contributed by atoms with E-state index < -0.39 is 0 Å². The lowest BCUT2D eigenvalue weighted by Crippen LogP contribution is -2.59. The molecule has 0 atom stereocenters. The van der Waals surface area contributed by atoms with E-state index in [9.17, 15) is 0 Å². The van der Waals surface area contributed by atoms with Crippen molar-refractivity contribution in [3.63, 3.8) is 0 Å². The Morgan fingerprint density at radius 3 is 2.30 bits per heavy atom. The summed E-state index contributed by atoms with van der Waals surface area (Å²) in [6.07, 6.45) is 2.38. The summed E-state index contributed by atoms with van der Waals surface area (Å²) in [5, 5.41) is 1.16. The van der Waals surface area contributed by atoms with Gasteiger partial charge in [-0.2, -0.15) is 0 Å². The first-order chi connectivity index (χ1) is 20.3. The third kappa shape index (κ3) is 3.81. The number of nitrogens with zero attached hydrogens (tertiary/aromatic N) is 1. The van der Waals surface area contributed by atoms with Gasteiger partial charge in [0.2, 0.25) is 0 Å². The van der Waals surface area contributed by atoms with E-state index in [1.807, 2.05) is 0 Å². The lowest BCUT2D eigenvalue weighted by molar-refractivity contribution is 0.332. The first-order valence-electron chi connectivity index (χ1n) is 15.8. The van der Waals surface area contributed by atoms with Gasteiger partial charge in [0.1, 0.15) is 17.1 Å². The fourth-order valence-electron chi connectivity index (χ4n) is 7.76. The molecule has 1 aliphatic carbocycles. The second kappa shape index (κ2) is 8.59. The van der Waals surface area contributed by atoms with Gasteiger partial charge in [0.05, 0.1) is 11.3 Å². The van der Waals surface area contributed by atoms with Gasteiger partial charge in [0.25, 0.3) is 0 Å². The summed E-state index contributed by atoms with van der Waals surface area (Å²) in [5.74, 6) is 1.83. The van der Waals surface area contributed by atoms with Crippen LogP contribution in [0.25, 0.3) is 11.0 Å². The zero-order chi connectivity index (χ0) is 30.1. The van der Waals surface area contributed by atoms with Crippen molar-refractivity contribution >= 4 is 51.3 Å². The molecule has 4 heteroatoms. The van der Waals surface area contributed by atoms with Crippen molar-refractivity contribution in [1.82, 2.24) is 0 Å². The van der Waals surface area contributed by atoms with Crippen LogP contribution in [0.5, 0.6) is 11.5 Å². The van der Waals surface area contributed by atoms with Gasteiger partial charge in [-0.1, -0.05) is 78.8 Å². The average Bonchev–Trinajstić information content (AvgIpc) is 3.33. The van der Waals surface area contributed by atoms with Crippen LogP contribution in [0.1, 0.15) is 83.6 Å². The van der Waals surface area contributed by atoms with E-state index in [2.05, 4.69) is 133 Å². The van der Waals surface area contributed by atoms with Gasteiger partial charge in [-0.25, -0.2) is 0 Å². The molecule has 3 aliphatic rings. The van der Waals surface area contributed by atoms with Crippen molar-refractivity contribution in [2.24, 2.45) is 0 Å². The van der Waals surface area contributed by atoms with E-state index in [1.54, 1.807) is 0 Å². The monoisotopic (exact) mass is 565 g/mol. The number of hydrogen-bond acceptors (Lipinski definition) is 3. The Bertz CT molecular complexity index is 1970. The Hall–Kier alpha value is -3.92. The molecule has 5 aromatic rings. The first kappa shape index (κ1) is 26.7. The standard InChI is InChI=1S/C39H40BNO2/c1-23-19-30-34-33(20-23)42-32-12-10-9-11-29(32)40(34)36-35(26-21-24(37(2,3)4)13-16-31(26)43-36)41(30)25-14-15-27-28(22-25)39(7,8)18-17-38(27,5)6/h9-16,19-22H,17-18H2,1-8H3. The molecular weight excluding hydrogens is 525 g/mol. The minimum absolute atomic E-state index is 0.0200. The van der Waals surface area contributed by atoms with Crippen LogP contribution in [0.4, 0.5) is 17.1 Å². The zero-order valence-electron chi connectivity index (χ0n) is 26.7. The number of para-hydroxylation sites is 1. The summed E-state index contributed by atoms with van der Waals surface area (Å²) in [4.78, 5) is 2.48. The Morgan fingerprint density at radius 1 is 0.791 bits per heavy atom. The molecular formula is C39H40BNO2. The van der Waals surface area contributed by atoms with Crippen LogP contribution < -0.4 is 26.2 Å². The molecule has 0 amide bonds. The summed E-state index contributed by atoms with van der Waals surface area (Å²) in [7, 11) is 0. The van der Waals surface area contributed by atoms with Gasteiger partial charge in [-0.15, -0.1) is 0 Å². The highest BCUT2D eigenvalue weighted by molar-refractivity contribution is 6.98. The fraction of sp³-hybridized carbons (Fsp3) is 0.333. The quantitative estimate of drug-likeness (QED) is 0.186. The maximum Gasteiger partial charge on any atom is 0.301 e. The van der Waals surface area contributed by atoms with Gasteiger partial charge in [0.15, 0.2) is 0 Å². The second-order valence-corrected chi connectivity index (χ2v) is 15.4. The Morgan fingerprint density at radius 2 is 1.53 bits per heavy atom. The first-order valence-corrected chi connectivity index (χ1v) is 15.8. The van der Waals surface area contributed by atoms with E-state index in [1.165, 1.54) is 51.9 Å². The molecule has 3 heterocycles. The number of fused-ring (bicyclic) bond motifs is 7. The highest BCUT2D eigenvalue weighted by Gasteiger charge is 2.46. The molecule has 1 aromatic heterocycles. The van der Waals surface area contributed by atoms with Crippen molar-refractivity contribution in [2.45, 2.75) is 84.5 Å². The molecule has 0 unspecified atom stereocenters. The Labute approximate surface area is 256 Å². The molecule has 0 radical (unpaired) electrons. The molecule has 2 aliphatic heterocycles. The number of furan rings is 1. The number of hydrogen-bond donors (Lipinski definition) is 0. The van der Waals surface area contributed by atoms with E-state index >= 15 is 0 Å². The second-order valence-electron chi connectivity index (χ2n) is 15.4. The molecule has 0 fully saturated rings. The van der Waals surface area contributed by atoms with E-state index in [-0.39, 0.29) is 23.0 Å². The van der Waals surface area contributed by atoms with Crippen LogP contribution in [-0.4, -0.2) is 6.71 Å². The molecule has 0 N–H and O–H groups in total. The molecule has 4 aromatic carbocycles. The lowest BCUT2D eigenvalue weighted by Gasteiger charge is -2.43. The van der Waals surface area contributed by atoms with Gasteiger partial charge in [-0.3, -0.25) is 0 Å². The Balaban J connectivity index is 1.47. The van der Waals surface area contributed by atoms with Crippen LogP contribution in [0.2, 0.25) is 0 Å². The normalized spacial score (nSPS) is 17.6. The maximum atomic E-state index is 6.94.